The number of ether oxygens (including phenoxy) is 2. The van der Waals surface area contributed by atoms with Gasteiger partial charge in [-0.25, -0.2) is 4.79 Å². The highest BCUT2D eigenvalue weighted by atomic mass is 16.6. The molecule has 4 aromatic carbocycles. The van der Waals surface area contributed by atoms with Crippen molar-refractivity contribution in [3.8, 4) is 5.75 Å². The van der Waals surface area contributed by atoms with Crippen molar-refractivity contribution >= 4 is 57.5 Å². The minimum atomic E-state index is -1.24. The first-order valence-electron chi connectivity index (χ1n) is 17.0. The molecule has 1 aliphatic rings. The highest BCUT2D eigenvalue weighted by molar-refractivity contribution is 6.21. The first-order chi connectivity index (χ1) is 24.4. The van der Waals surface area contributed by atoms with Crippen molar-refractivity contribution in [1.29, 1.82) is 0 Å². The fourth-order valence-electron chi connectivity index (χ4n) is 6.53. The molecule has 0 spiro atoms. The highest BCUT2D eigenvalue weighted by Gasteiger charge is 2.42. The minimum absolute atomic E-state index is 0.0254. The van der Waals surface area contributed by atoms with Gasteiger partial charge in [0.25, 0.3) is 0 Å². The van der Waals surface area contributed by atoms with E-state index in [9.17, 15) is 19.2 Å². The van der Waals surface area contributed by atoms with Crippen LogP contribution in [0.3, 0.4) is 0 Å². The van der Waals surface area contributed by atoms with Gasteiger partial charge in [-0.2, -0.15) is 0 Å². The zero-order valence-corrected chi connectivity index (χ0v) is 29.7. The van der Waals surface area contributed by atoms with Crippen LogP contribution in [0.5, 0.6) is 5.75 Å². The molecule has 0 aliphatic carbocycles. The van der Waals surface area contributed by atoms with E-state index in [1.54, 1.807) is 98.5 Å². The molecule has 5 aromatic rings. The number of para-hydroxylation sites is 4. The number of carbonyl (C=O) groups is 4. The lowest BCUT2D eigenvalue weighted by Gasteiger charge is -2.31. The summed E-state index contributed by atoms with van der Waals surface area (Å²) in [6.07, 6.45) is 1.05. The predicted octanol–water partition coefficient (Wildman–Crippen LogP) is 7.74. The maximum absolute atomic E-state index is 14.9. The van der Waals surface area contributed by atoms with E-state index >= 15 is 0 Å². The van der Waals surface area contributed by atoms with E-state index in [-0.39, 0.29) is 24.9 Å². The summed E-state index contributed by atoms with van der Waals surface area (Å²) < 4.78 is 12.4. The van der Waals surface area contributed by atoms with Crippen LogP contribution in [0.25, 0.3) is 10.9 Å². The molecule has 1 aliphatic heterocycles. The van der Waals surface area contributed by atoms with Crippen molar-refractivity contribution in [2.24, 2.45) is 5.92 Å². The zero-order chi connectivity index (χ0) is 36.4. The summed E-state index contributed by atoms with van der Waals surface area (Å²) >= 11 is 0. The fourth-order valence-corrected chi connectivity index (χ4v) is 6.53. The molecule has 0 fully saturated rings. The molecular formula is C41H42N4O6. The number of carbonyl (C=O) groups excluding carboxylic acids is 4. The summed E-state index contributed by atoms with van der Waals surface area (Å²) in [4.78, 5) is 62.0. The molecule has 10 nitrogen and oxygen atoms in total. The second kappa shape index (κ2) is 14.1. The third-order valence-corrected chi connectivity index (χ3v) is 8.75. The highest BCUT2D eigenvalue weighted by Crippen LogP contribution is 2.40. The molecule has 262 valence electrons. The van der Waals surface area contributed by atoms with Gasteiger partial charge in [0.15, 0.2) is 0 Å². The summed E-state index contributed by atoms with van der Waals surface area (Å²) in [6, 6.07) is 30.5. The molecule has 0 saturated heterocycles. The van der Waals surface area contributed by atoms with Gasteiger partial charge in [0.2, 0.25) is 17.7 Å². The van der Waals surface area contributed by atoms with Crippen LogP contribution in [-0.2, 0) is 25.5 Å². The van der Waals surface area contributed by atoms with E-state index in [0.717, 1.165) is 0 Å². The number of amides is 3. The number of nitrogens with zero attached hydrogens (tertiary/aromatic N) is 4. The van der Waals surface area contributed by atoms with E-state index in [1.165, 1.54) is 9.47 Å². The maximum Gasteiger partial charge on any atom is 0.419 e. The SMILES string of the molecule is COc1ccc(N(C(=O)CN2C(=O)C(Cc3cn(C(=O)OC(C)(C)C)c4ccccc34)C(=O)N(c3ccccc3)c3ccccc32)C(C)C)cc1. The topological polar surface area (TPSA) is 101 Å². The molecule has 1 atom stereocenters. The molecule has 10 heteroatoms. The summed E-state index contributed by atoms with van der Waals surface area (Å²) in [5.74, 6) is -1.87. The monoisotopic (exact) mass is 686 g/mol. The largest absolute Gasteiger partial charge is 0.497 e. The Morgan fingerprint density at radius 2 is 1.43 bits per heavy atom. The second-order valence-electron chi connectivity index (χ2n) is 13.8. The molecule has 0 radical (unpaired) electrons. The Morgan fingerprint density at radius 1 is 0.804 bits per heavy atom. The molecule has 51 heavy (non-hydrogen) atoms. The molecule has 0 bridgehead atoms. The lowest BCUT2D eigenvalue weighted by Crippen LogP contribution is -2.48. The smallest absolute Gasteiger partial charge is 0.419 e. The van der Waals surface area contributed by atoms with Gasteiger partial charge < -0.3 is 19.3 Å². The van der Waals surface area contributed by atoms with Crippen LogP contribution < -0.4 is 19.4 Å². The summed E-state index contributed by atoms with van der Waals surface area (Å²) in [7, 11) is 1.58. The van der Waals surface area contributed by atoms with Crippen LogP contribution in [0.15, 0.2) is 109 Å². The van der Waals surface area contributed by atoms with Crippen molar-refractivity contribution in [1.82, 2.24) is 4.57 Å². The number of hydrogen-bond acceptors (Lipinski definition) is 6. The lowest BCUT2D eigenvalue weighted by atomic mass is 9.96. The number of aromatic nitrogens is 1. The third-order valence-electron chi connectivity index (χ3n) is 8.75. The Morgan fingerprint density at radius 3 is 2.08 bits per heavy atom. The van der Waals surface area contributed by atoms with Crippen LogP contribution in [0.1, 0.15) is 40.2 Å². The van der Waals surface area contributed by atoms with E-state index < -0.39 is 29.4 Å². The molecule has 3 amide bonds. The second-order valence-corrected chi connectivity index (χ2v) is 13.8. The van der Waals surface area contributed by atoms with Gasteiger partial charge in [-0.05, 0) is 101 Å². The van der Waals surface area contributed by atoms with E-state index in [1.807, 2.05) is 62.4 Å². The van der Waals surface area contributed by atoms with Crippen molar-refractivity contribution < 1.29 is 28.7 Å². The van der Waals surface area contributed by atoms with Crippen molar-refractivity contribution in [2.75, 3.05) is 28.4 Å². The third kappa shape index (κ3) is 7.08. The van der Waals surface area contributed by atoms with Gasteiger partial charge in [0.1, 0.15) is 23.8 Å². The first kappa shape index (κ1) is 34.9. The number of benzene rings is 4. The molecule has 1 unspecified atom stereocenters. The molecule has 0 saturated carbocycles. The molecule has 0 N–H and O–H groups in total. The number of hydrogen-bond donors (Lipinski definition) is 0. The van der Waals surface area contributed by atoms with E-state index in [2.05, 4.69) is 0 Å². The van der Waals surface area contributed by atoms with Crippen molar-refractivity contribution in [3.05, 3.63) is 115 Å². The van der Waals surface area contributed by atoms with Crippen LogP contribution in [0.2, 0.25) is 0 Å². The normalized spacial score (nSPS) is 14.8. The Hall–Kier alpha value is -5.90. The lowest BCUT2D eigenvalue weighted by molar-refractivity contribution is -0.132. The Labute approximate surface area is 297 Å². The summed E-state index contributed by atoms with van der Waals surface area (Å²) in [5.41, 5.74) is 2.63. The van der Waals surface area contributed by atoms with E-state index in [4.69, 9.17) is 9.47 Å². The molecule has 6 rings (SSSR count). The molecule has 2 heterocycles. The Balaban J connectivity index is 1.46. The van der Waals surface area contributed by atoms with Crippen molar-refractivity contribution in [2.45, 2.75) is 52.7 Å². The van der Waals surface area contributed by atoms with Gasteiger partial charge >= 0.3 is 6.09 Å². The number of anilines is 4. The Bertz CT molecular complexity index is 2080. The van der Waals surface area contributed by atoms with E-state index in [0.29, 0.717) is 45.0 Å². The average Bonchev–Trinajstić information content (AvgIpc) is 3.45. The Kier molecular flexibility index (Phi) is 9.69. The van der Waals surface area contributed by atoms with Crippen LogP contribution in [-0.4, -0.2) is 53.7 Å². The molecular weight excluding hydrogens is 644 g/mol. The zero-order valence-electron chi connectivity index (χ0n) is 29.7. The van der Waals surface area contributed by atoms with Crippen molar-refractivity contribution in [3.63, 3.8) is 0 Å². The van der Waals surface area contributed by atoms with Gasteiger partial charge in [-0.1, -0.05) is 48.5 Å². The molecule has 1 aromatic heterocycles. The minimum Gasteiger partial charge on any atom is -0.497 e. The van der Waals surface area contributed by atoms with Gasteiger partial charge in [-0.3, -0.25) is 23.9 Å². The quantitative estimate of drug-likeness (QED) is 0.155. The van der Waals surface area contributed by atoms with Gasteiger partial charge in [0, 0.05) is 29.0 Å². The number of methoxy groups -OCH3 is 1. The van der Waals surface area contributed by atoms with Gasteiger partial charge in [0.05, 0.1) is 24.0 Å². The van der Waals surface area contributed by atoms with Crippen LogP contribution in [0.4, 0.5) is 27.5 Å². The van der Waals surface area contributed by atoms with Crippen LogP contribution in [0, 0.1) is 5.92 Å². The van der Waals surface area contributed by atoms with Crippen LogP contribution >= 0.6 is 0 Å². The summed E-state index contributed by atoms with van der Waals surface area (Å²) in [6.45, 7) is 8.88. The first-order valence-corrected chi connectivity index (χ1v) is 17.0. The standard InChI is InChI=1S/C41H42N4O6/c1-27(2)44(30-20-22-31(50-6)23-21-30)37(46)26-42-35-18-12-13-19-36(35)45(29-14-8-7-9-15-29)39(48)33(38(42)47)24-28-25-43(40(49)51-41(3,4)5)34-17-11-10-16-32(28)34/h7-23,25,27,33H,24,26H2,1-6H3. The predicted molar refractivity (Wildman–Crippen MR) is 199 cm³/mol. The number of rotatable bonds is 8. The average molecular weight is 687 g/mol. The maximum atomic E-state index is 14.9. The number of fused-ring (bicyclic) bond motifs is 2. The summed E-state index contributed by atoms with van der Waals surface area (Å²) in [5, 5.41) is 0.713. The fraction of sp³-hybridized carbons (Fsp3) is 0.268. The van der Waals surface area contributed by atoms with Gasteiger partial charge in [-0.15, -0.1) is 0 Å².